The fourth-order valence-corrected chi connectivity index (χ4v) is 2.47. The summed E-state index contributed by atoms with van der Waals surface area (Å²) in [5.41, 5.74) is 5.61. The molecule has 5 nitrogen and oxygen atoms in total. The summed E-state index contributed by atoms with van der Waals surface area (Å²) >= 11 is 0. The van der Waals surface area contributed by atoms with E-state index >= 15 is 0 Å². The number of amides is 1. The van der Waals surface area contributed by atoms with E-state index in [9.17, 15) is 4.79 Å². The first kappa shape index (κ1) is 11.8. The standard InChI is InChI=1S/C11H21N3O2/c1-9(12)11(15)14-3-2-10(8-14)13-4-6-16-7-5-13/h9-10H,2-8,12H2,1H3/t9-,10?/m0/s1. The Labute approximate surface area is 96.5 Å². The topological polar surface area (TPSA) is 58.8 Å². The Bertz CT molecular complexity index is 252. The smallest absolute Gasteiger partial charge is 0.239 e. The van der Waals surface area contributed by atoms with Crippen molar-refractivity contribution in [2.75, 3.05) is 39.4 Å². The molecule has 16 heavy (non-hydrogen) atoms. The lowest BCUT2D eigenvalue weighted by Gasteiger charge is -2.32. The van der Waals surface area contributed by atoms with E-state index in [1.807, 2.05) is 4.90 Å². The SMILES string of the molecule is C[C@H](N)C(=O)N1CCC(N2CCOCC2)C1. The van der Waals surface area contributed by atoms with E-state index in [0.717, 1.165) is 45.8 Å². The predicted molar refractivity (Wildman–Crippen MR) is 61.0 cm³/mol. The number of nitrogens with two attached hydrogens (primary N) is 1. The number of nitrogens with zero attached hydrogens (tertiary/aromatic N) is 2. The second-order valence-electron chi connectivity index (χ2n) is 4.66. The van der Waals surface area contributed by atoms with Crippen molar-refractivity contribution >= 4 is 5.91 Å². The minimum atomic E-state index is -0.372. The Morgan fingerprint density at radius 1 is 1.38 bits per heavy atom. The molecule has 2 aliphatic heterocycles. The van der Waals surface area contributed by atoms with Crippen molar-refractivity contribution in [3.63, 3.8) is 0 Å². The van der Waals surface area contributed by atoms with Gasteiger partial charge in [-0.15, -0.1) is 0 Å². The monoisotopic (exact) mass is 227 g/mol. The van der Waals surface area contributed by atoms with Crippen LogP contribution in [0.1, 0.15) is 13.3 Å². The maximum atomic E-state index is 11.7. The van der Waals surface area contributed by atoms with Crippen LogP contribution in [0.3, 0.4) is 0 Å². The van der Waals surface area contributed by atoms with Crippen LogP contribution in [-0.4, -0.2) is 67.2 Å². The number of ether oxygens (including phenoxy) is 1. The first-order chi connectivity index (χ1) is 7.68. The maximum Gasteiger partial charge on any atom is 0.239 e. The van der Waals surface area contributed by atoms with E-state index < -0.39 is 0 Å². The largest absolute Gasteiger partial charge is 0.379 e. The fraction of sp³-hybridized carbons (Fsp3) is 0.909. The molecule has 0 spiro atoms. The van der Waals surface area contributed by atoms with Crippen LogP contribution in [0.4, 0.5) is 0 Å². The highest BCUT2D eigenvalue weighted by molar-refractivity contribution is 5.81. The van der Waals surface area contributed by atoms with Crippen molar-refractivity contribution in [3.05, 3.63) is 0 Å². The summed E-state index contributed by atoms with van der Waals surface area (Å²) < 4.78 is 5.33. The first-order valence-electron chi connectivity index (χ1n) is 6.04. The van der Waals surface area contributed by atoms with Gasteiger partial charge in [0.15, 0.2) is 0 Å². The molecule has 2 N–H and O–H groups in total. The van der Waals surface area contributed by atoms with Crippen molar-refractivity contribution in [2.45, 2.75) is 25.4 Å². The molecule has 0 saturated carbocycles. The number of hydrogen-bond donors (Lipinski definition) is 1. The Morgan fingerprint density at radius 2 is 2.06 bits per heavy atom. The molecule has 2 heterocycles. The normalized spacial score (nSPS) is 29.4. The number of likely N-dealkylation sites (tertiary alicyclic amines) is 1. The Balaban J connectivity index is 1.85. The highest BCUT2D eigenvalue weighted by atomic mass is 16.5. The predicted octanol–water partition coefficient (Wildman–Crippen LogP) is -0.733. The van der Waals surface area contributed by atoms with Crippen molar-refractivity contribution < 1.29 is 9.53 Å². The molecule has 0 bridgehead atoms. The molecule has 0 aromatic carbocycles. The molecule has 1 unspecified atom stereocenters. The van der Waals surface area contributed by atoms with E-state index in [1.165, 1.54) is 0 Å². The van der Waals surface area contributed by atoms with Crippen LogP contribution in [0, 0.1) is 0 Å². The summed E-state index contributed by atoms with van der Waals surface area (Å²) in [6, 6.07) is 0.134. The van der Waals surface area contributed by atoms with Gasteiger partial charge in [0.1, 0.15) is 0 Å². The number of carbonyl (C=O) groups excluding carboxylic acids is 1. The molecule has 5 heteroatoms. The number of carbonyl (C=O) groups is 1. The lowest BCUT2D eigenvalue weighted by molar-refractivity contribution is -0.131. The Hall–Kier alpha value is -0.650. The summed E-state index contributed by atoms with van der Waals surface area (Å²) in [7, 11) is 0. The van der Waals surface area contributed by atoms with Gasteiger partial charge in [0.2, 0.25) is 5.91 Å². The van der Waals surface area contributed by atoms with Gasteiger partial charge in [0.05, 0.1) is 19.3 Å². The zero-order chi connectivity index (χ0) is 11.5. The number of rotatable bonds is 2. The second kappa shape index (κ2) is 5.12. The summed E-state index contributed by atoms with van der Waals surface area (Å²) in [6.07, 6.45) is 1.07. The van der Waals surface area contributed by atoms with E-state index in [4.69, 9.17) is 10.5 Å². The van der Waals surface area contributed by atoms with Gasteiger partial charge in [-0.2, -0.15) is 0 Å². The lowest BCUT2D eigenvalue weighted by Crippen LogP contribution is -2.46. The van der Waals surface area contributed by atoms with Crippen molar-refractivity contribution in [2.24, 2.45) is 5.73 Å². The molecule has 2 saturated heterocycles. The minimum Gasteiger partial charge on any atom is -0.379 e. The van der Waals surface area contributed by atoms with Crippen LogP contribution in [0.2, 0.25) is 0 Å². The van der Waals surface area contributed by atoms with E-state index in [0.29, 0.717) is 6.04 Å². The summed E-state index contributed by atoms with van der Waals surface area (Å²) in [4.78, 5) is 16.1. The first-order valence-corrected chi connectivity index (χ1v) is 6.04. The second-order valence-corrected chi connectivity index (χ2v) is 4.66. The van der Waals surface area contributed by atoms with Gasteiger partial charge in [0.25, 0.3) is 0 Å². The molecule has 2 aliphatic rings. The number of morpholine rings is 1. The van der Waals surface area contributed by atoms with Gasteiger partial charge in [-0.05, 0) is 13.3 Å². The van der Waals surface area contributed by atoms with Crippen LogP contribution in [0.15, 0.2) is 0 Å². The Kier molecular flexibility index (Phi) is 3.78. The van der Waals surface area contributed by atoms with E-state index in [2.05, 4.69) is 4.90 Å². The third-order valence-electron chi connectivity index (χ3n) is 3.43. The van der Waals surface area contributed by atoms with E-state index in [1.54, 1.807) is 6.92 Å². The van der Waals surface area contributed by atoms with Gasteiger partial charge < -0.3 is 15.4 Å². The van der Waals surface area contributed by atoms with Crippen molar-refractivity contribution in [1.29, 1.82) is 0 Å². The molecule has 2 atom stereocenters. The molecule has 0 radical (unpaired) electrons. The fourth-order valence-electron chi connectivity index (χ4n) is 2.47. The van der Waals surface area contributed by atoms with Gasteiger partial charge in [0, 0.05) is 32.2 Å². The molecule has 2 rings (SSSR count). The third kappa shape index (κ3) is 2.53. The maximum absolute atomic E-state index is 11.7. The number of hydrogen-bond acceptors (Lipinski definition) is 4. The van der Waals surface area contributed by atoms with Gasteiger partial charge in [-0.1, -0.05) is 0 Å². The lowest BCUT2D eigenvalue weighted by atomic mass is 10.2. The highest BCUT2D eigenvalue weighted by Gasteiger charge is 2.31. The summed E-state index contributed by atoms with van der Waals surface area (Å²) in [5, 5.41) is 0. The van der Waals surface area contributed by atoms with E-state index in [-0.39, 0.29) is 11.9 Å². The van der Waals surface area contributed by atoms with Gasteiger partial charge in [-0.25, -0.2) is 0 Å². The molecule has 1 amide bonds. The third-order valence-corrected chi connectivity index (χ3v) is 3.43. The summed E-state index contributed by atoms with van der Waals surface area (Å²) in [6.45, 7) is 7.05. The average molecular weight is 227 g/mol. The molecule has 0 aromatic heterocycles. The zero-order valence-electron chi connectivity index (χ0n) is 9.89. The van der Waals surface area contributed by atoms with Crippen LogP contribution < -0.4 is 5.73 Å². The molecule has 2 fully saturated rings. The molecular weight excluding hydrogens is 206 g/mol. The summed E-state index contributed by atoms with van der Waals surface area (Å²) in [5.74, 6) is 0.0794. The van der Waals surface area contributed by atoms with Gasteiger partial charge >= 0.3 is 0 Å². The van der Waals surface area contributed by atoms with Crippen LogP contribution in [0.5, 0.6) is 0 Å². The average Bonchev–Trinajstić information content (AvgIpc) is 2.78. The molecule has 92 valence electrons. The molecule has 0 aromatic rings. The van der Waals surface area contributed by atoms with Gasteiger partial charge in [-0.3, -0.25) is 9.69 Å². The quantitative estimate of drug-likeness (QED) is 0.675. The molecular formula is C11H21N3O2. The van der Waals surface area contributed by atoms with Crippen molar-refractivity contribution in [3.8, 4) is 0 Å². The minimum absolute atomic E-state index is 0.0794. The van der Waals surface area contributed by atoms with Crippen LogP contribution in [0.25, 0.3) is 0 Å². The van der Waals surface area contributed by atoms with Crippen LogP contribution in [-0.2, 0) is 9.53 Å². The zero-order valence-corrected chi connectivity index (χ0v) is 9.89. The molecule has 0 aliphatic carbocycles. The highest BCUT2D eigenvalue weighted by Crippen LogP contribution is 2.17. The van der Waals surface area contributed by atoms with Crippen molar-refractivity contribution in [1.82, 2.24) is 9.80 Å². The Morgan fingerprint density at radius 3 is 2.69 bits per heavy atom. The van der Waals surface area contributed by atoms with Crippen LogP contribution >= 0.6 is 0 Å².